The van der Waals surface area contributed by atoms with Gasteiger partial charge in [0.2, 0.25) is 0 Å². The largest absolute Gasteiger partial charge is 0.389 e. The lowest BCUT2D eigenvalue weighted by Crippen LogP contribution is -2.35. The van der Waals surface area contributed by atoms with E-state index in [0.29, 0.717) is 18.2 Å². The number of carbonyl (C=O) groups is 1. The van der Waals surface area contributed by atoms with Gasteiger partial charge in [-0.2, -0.15) is 0 Å². The van der Waals surface area contributed by atoms with E-state index in [9.17, 15) is 9.90 Å². The van der Waals surface area contributed by atoms with Crippen molar-refractivity contribution >= 4 is 21.8 Å². The van der Waals surface area contributed by atoms with Crippen molar-refractivity contribution in [2.75, 3.05) is 19.8 Å². The van der Waals surface area contributed by atoms with E-state index >= 15 is 0 Å². The summed E-state index contributed by atoms with van der Waals surface area (Å²) in [5.74, 6) is 0.221. The van der Waals surface area contributed by atoms with Gasteiger partial charge in [-0.15, -0.1) is 0 Å². The molecule has 1 aromatic rings. The molecule has 1 atom stereocenters. The summed E-state index contributed by atoms with van der Waals surface area (Å²) in [6.45, 7) is 5.10. The van der Waals surface area contributed by atoms with Crippen LogP contribution in [0.15, 0.2) is 16.7 Å². The van der Waals surface area contributed by atoms with Crippen LogP contribution in [-0.4, -0.2) is 41.4 Å². The molecule has 0 aliphatic carbocycles. The molecule has 0 aliphatic rings. The number of ether oxygens (including phenoxy) is 1. The molecule has 0 aliphatic heterocycles. The number of nitrogens with one attached hydrogen (secondary N) is 1. The van der Waals surface area contributed by atoms with Gasteiger partial charge in [-0.3, -0.25) is 4.79 Å². The van der Waals surface area contributed by atoms with Crippen LogP contribution in [-0.2, 0) is 11.8 Å². The van der Waals surface area contributed by atoms with Crippen molar-refractivity contribution in [3.63, 3.8) is 0 Å². The van der Waals surface area contributed by atoms with Crippen molar-refractivity contribution in [2.45, 2.75) is 20.0 Å². The molecule has 0 saturated heterocycles. The van der Waals surface area contributed by atoms with Crippen LogP contribution in [0.2, 0.25) is 0 Å². The van der Waals surface area contributed by atoms with Crippen molar-refractivity contribution in [1.29, 1.82) is 0 Å². The van der Waals surface area contributed by atoms with Crippen LogP contribution >= 0.6 is 15.9 Å². The fraction of sp³-hybridized carbons (Fsp3) is 0.615. The fourth-order valence-corrected chi connectivity index (χ4v) is 2.07. The van der Waals surface area contributed by atoms with Crippen LogP contribution in [0.4, 0.5) is 0 Å². The molecule has 6 heteroatoms. The number of nitrogens with zero attached hydrogens (tertiary/aromatic N) is 1. The molecule has 0 aromatic carbocycles. The Morgan fingerprint density at radius 3 is 2.74 bits per heavy atom. The van der Waals surface area contributed by atoms with Gasteiger partial charge >= 0.3 is 0 Å². The quantitative estimate of drug-likeness (QED) is 0.796. The summed E-state index contributed by atoms with van der Waals surface area (Å²) in [5, 5.41) is 12.4. The van der Waals surface area contributed by atoms with Crippen molar-refractivity contribution in [2.24, 2.45) is 13.0 Å². The van der Waals surface area contributed by atoms with E-state index < -0.39 is 6.10 Å². The fourth-order valence-electron chi connectivity index (χ4n) is 1.55. The molecule has 0 bridgehead atoms. The van der Waals surface area contributed by atoms with Crippen LogP contribution in [0.3, 0.4) is 0 Å². The number of aliphatic hydroxyl groups excluding tert-OH is 1. The van der Waals surface area contributed by atoms with Crippen molar-refractivity contribution in [3.05, 3.63) is 22.4 Å². The lowest BCUT2D eigenvalue weighted by molar-refractivity contribution is 0.0258. The molecule has 2 N–H and O–H groups in total. The van der Waals surface area contributed by atoms with Gasteiger partial charge in [0.05, 0.1) is 12.7 Å². The lowest BCUT2D eigenvalue weighted by Gasteiger charge is -2.13. The molecule has 0 saturated carbocycles. The normalized spacial score (nSPS) is 12.7. The Morgan fingerprint density at radius 1 is 1.53 bits per heavy atom. The summed E-state index contributed by atoms with van der Waals surface area (Å²) in [7, 11) is 1.79. The predicted octanol–water partition coefficient (Wildman–Crippen LogP) is 1.55. The molecule has 19 heavy (non-hydrogen) atoms. The van der Waals surface area contributed by atoms with E-state index in [1.807, 2.05) is 13.8 Å². The number of aliphatic hydroxyl groups is 1. The topological polar surface area (TPSA) is 63.5 Å². The van der Waals surface area contributed by atoms with Crippen molar-refractivity contribution < 1.29 is 14.6 Å². The van der Waals surface area contributed by atoms with Gasteiger partial charge in [0.1, 0.15) is 5.69 Å². The Balaban J connectivity index is 2.32. The minimum atomic E-state index is -0.689. The van der Waals surface area contributed by atoms with E-state index in [0.717, 1.165) is 4.47 Å². The number of halogens is 1. The van der Waals surface area contributed by atoms with Gasteiger partial charge in [-0.1, -0.05) is 13.8 Å². The zero-order valence-electron chi connectivity index (χ0n) is 11.5. The third kappa shape index (κ3) is 5.76. The number of hydrogen-bond acceptors (Lipinski definition) is 3. The average molecular weight is 333 g/mol. The molecule has 0 spiro atoms. The summed E-state index contributed by atoms with van der Waals surface area (Å²) in [5.41, 5.74) is 0.544. The zero-order chi connectivity index (χ0) is 14.4. The number of aryl methyl sites for hydroxylation is 1. The number of hydrogen-bond donors (Lipinski definition) is 2. The third-order valence-electron chi connectivity index (χ3n) is 2.46. The first-order valence-corrected chi connectivity index (χ1v) is 7.05. The zero-order valence-corrected chi connectivity index (χ0v) is 13.1. The SMILES string of the molecule is CC(C)COC[C@@H](O)CNC(=O)c1cc(Br)cn1C. The van der Waals surface area contributed by atoms with Gasteiger partial charge < -0.3 is 19.7 Å². The van der Waals surface area contributed by atoms with Crippen LogP contribution in [0.1, 0.15) is 24.3 Å². The summed E-state index contributed by atoms with van der Waals surface area (Å²) >= 11 is 3.31. The first kappa shape index (κ1) is 16.2. The maximum absolute atomic E-state index is 11.9. The van der Waals surface area contributed by atoms with Crippen molar-refractivity contribution in [1.82, 2.24) is 9.88 Å². The molecule has 1 heterocycles. The average Bonchev–Trinajstić information content (AvgIpc) is 2.65. The smallest absolute Gasteiger partial charge is 0.268 e. The Hall–Kier alpha value is -0.850. The van der Waals surface area contributed by atoms with E-state index in [1.165, 1.54) is 0 Å². The van der Waals surface area contributed by atoms with E-state index in [-0.39, 0.29) is 19.1 Å². The second-order valence-electron chi connectivity index (χ2n) is 4.95. The van der Waals surface area contributed by atoms with Gasteiger partial charge in [0, 0.05) is 30.9 Å². The van der Waals surface area contributed by atoms with E-state index in [2.05, 4.69) is 21.2 Å². The van der Waals surface area contributed by atoms with E-state index in [1.54, 1.807) is 23.9 Å². The summed E-state index contributed by atoms with van der Waals surface area (Å²) < 4.78 is 7.88. The van der Waals surface area contributed by atoms with Crippen LogP contribution < -0.4 is 5.32 Å². The number of rotatable bonds is 7. The molecule has 1 rings (SSSR count). The van der Waals surface area contributed by atoms with E-state index in [4.69, 9.17) is 4.74 Å². The Morgan fingerprint density at radius 2 is 2.21 bits per heavy atom. The van der Waals surface area contributed by atoms with Gasteiger partial charge in [0.25, 0.3) is 5.91 Å². The Bertz CT molecular complexity index is 418. The molecule has 5 nitrogen and oxygen atoms in total. The molecular formula is C13H21BrN2O3. The number of carbonyl (C=O) groups excluding carboxylic acids is 1. The maximum atomic E-state index is 11.9. The molecule has 108 valence electrons. The molecule has 0 unspecified atom stereocenters. The summed E-state index contributed by atoms with van der Waals surface area (Å²) in [6.07, 6.45) is 1.11. The highest BCUT2D eigenvalue weighted by molar-refractivity contribution is 9.10. The second kappa shape index (κ2) is 7.67. The van der Waals surface area contributed by atoms with Crippen LogP contribution in [0.5, 0.6) is 0 Å². The standard InChI is InChI=1S/C13H21BrN2O3/c1-9(2)7-19-8-11(17)5-15-13(18)12-4-10(14)6-16(12)3/h4,6,9,11,17H,5,7-8H2,1-3H3,(H,15,18)/t11-/m0/s1. The van der Waals surface area contributed by atoms with Gasteiger partial charge in [0.15, 0.2) is 0 Å². The monoisotopic (exact) mass is 332 g/mol. The molecule has 0 fully saturated rings. The maximum Gasteiger partial charge on any atom is 0.268 e. The summed E-state index contributed by atoms with van der Waals surface area (Å²) in [4.78, 5) is 11.9. The Labute approximate surface area is 122 Å². The first-order chi connectivity index (χ1) is 8.90. The highest BCUT2D eigenvalue weighted by Crippen LogP contribution is 2.13. The molecule has 0 radical (unpaired) electrons. The van der Waals surface area contributed by atoms with Gasteiger partial charge in [-0.25, -0.2) is 0 Å². The van der Waals surface area contributed by atoms with Crippen molar-refractivity contribution in [3.8, 4) is 0 Å². The molecule has 1 aromatic heterocycles. The molecular weight excluding hydrogens is 312 g/mol. The minimum absolute atomic E-state index is 0.180. The highest BCUT2D eigenvalue weighted by atomic mass is 79.9. The number of aromatic nitrogens is 1. The number of amides is 1. The predicted molar refractivity (Wildman–Crippen MR) is 77.1 cm³/mol. The van der Waals surface area contributed by atoms with Crippen LogP contribution in [0, 0.1) is 5.92 Å². The highest BCUT2D eigenvalue weighted by Gasteiger charge is 2.12. The third-order valence-corrected chi connectivity index (χ3v) is 2.90. The summed E-state index contributed by atoms with van der Waals surface area (Å²) in [6, 6.07) is 1.73. The first-order valence-electron chi connectivity index (χ1n) is 6.26. The lowest BCUT2D eigenvalue weighted by atomic mass is 10.2. The van der Waals surface area contributed by atoms with Gasteiger partial charge in [-0.05, 0) is 27.9 Å². The van der Waals surface area contributed by atoms with Crippen LogP contribution in [0.25, 0.3) is 0 Å². The Kier molecular flexibility index (Phi) is 6.54. The second-order valence-corrected chi connectivity index (χ2v) is 5.87. The molecule has 1 amide bonds. The minimum Gasteiger partial charge on any atom is -0.389 e.